The van der Waals surface area contributed by atoms with E-state index in [4.69, 9.17) is 0 Å². The molecular formula is C14H17BrFNO. The van der Waals surface area contributed by atoms with Crippen LogP contribution in [0.5, 0.6) is 0 Å². The van der Waals surface area contributed by atoms with E-state index >= 15 is 0 Å². The van der Waals surface area contributed by atoms with Gasteiger partial charge in [-0.1, -0.05) is 29.8 Å². The normalized spacial score (nSPS) is 11.2. The number of rotatable bonds is 5. The highest BCUT2D eigenvalue weighted by molar-refractivity contribution is 9.10. The van der Waals surface area contributed by atoms with Crippen LogP contribution in [-0.4, -0.2) is 11.9 Å². The van der Waals surface area contributed by atoms with Crippen LogP contribution in [-0.2, 0) is 4.79 Å². The maximum absolute atomic E-state index is 13.4. The highest BCUT2D eigenvalue weighted by Gasteiger charge is 2.05. The van der Waals surface area contributed by atoms with Crippen molar-refractivity contribution in [3.63, 3.8) is 0 Å². The van der Waals surface area contributed by atoms with Gasteiger partial charge in [0.05, 0.1) is 0 Å². The fraction of sp³-hybridized carbons (Fsp3) is 0.357. The zero-order chi connectivity index (χ0) is 13.5. The summed E-state index contributed by atoms with van der Waals surface area (Å²) in [5.74, 6) is -0.534. The highest BCUT2D eigenvalue weighted by Crippen LogP contribution is 2.16. The first-order valence-corrected chi connectivity index (χ1v) is 6.79. The maximum Gasteiger partial charge on any atom is 0.244 e. The Bertz CT molecular complexity index is 441. The van der Waals surface area contributed by atoms with Crippen molar-refractivity contribution in [3.05, 3.63) is 40.1 Å². The summed E-state index contributed by atoms with van der Waals surface area (Å²) in [5.41, 5.74) is 0.393. The van der Waals surface area contributed by atoms with Gasteiger partial charge in [-0.05, 0) is 37.1 Å². The molecule has 98 valence electrons. The molecule has 0 aromatic heterocycles. The number of nitrogens with one attached hydrogen (secondary N) is 1. The SMILES string of the molecule is CCC(CC)NC(=O)/C=C/c1cc(Br)ccc1F. The van der Waals surface area contributed by atoms with Crippen molar-refractivity contribution in [2.45, 2.75) is 32.7 Å². The Balaban J connectivity index is 2.68. The van der Waals surface area contributed by atoms with Crippen LogP contribution in [0.1, 0.15) is 32.3 Å². The number of halogens is 2. The van der Waals surface area contributed by atoms with Gasteiger partial charge in [0.2, 0.25) is 5.91 Å². The summed E-state index contributed by atoms with van der Waals surface area (Å²) in [6.07, 6.45) is 4.63. The quantitative estimate of drug-likeness (QED) is 0.820. The molecule has 0 spiro atoms. The molecule has 0 saturated heterocycles. The van der Waals surface area contributed by atoms with Crippen LogP contribution in [0, 0.1) is 5.82 Å². The van der Waals surface area contributed by atoms with Crippen molar-refractivity contribution in [1.82, 2.24) is 5.32 Å². The lowest BCUT2D eigenvalue weighted by Gasteiger charge is -2.12. The summed E-state index contributed by atoms with van der Waals surface area (Å²) in [4.78, 5) is 11.6. The van der Waals surface area contributed by atoms with Crippen molar-refractivity contribution >= 4 is 27.9 Å². The van der Waals surface area contributed by atoms with E-state index in [1.165, 1.54) is 18.2 Å². The minimum atomic E-state index is -0.343. The maximum atomic E-state index is 13.4. The first-order chi connectivity index (χ1) is 8.56. The molecule has 0 fully saturated rings. The molecule has 0 aliphatic carbocycles. The predicted octanol–water partition coefficient (Wildman–Crippen LogP) is 3.91. The second kappa shape index (κ2) is 7.31. The van der Waals surface area contributed by atoms with Crippen molar-refractivity contribution < 1.29 is 9.18 Å². The third-order valence-electron chi connectivity index (χ3n) is 2.70. The summed E-state index contributed by atoms with van der Waals surface area (Å²) in [6, 6.07) is 4.80. The van der Waals surface area contributed by atoms with Crippen molar-refractivity contribution in [1.29, 1.82) is 0 Å². The van der Waals surface area contributed by atoms with Gasteiger partial charge in [0.25, 0.3) is 0 Å². The van der Waals surface area contributed by atoms with Crippen molar-refractivity contribution in [3.8, 4) is 0 Å². The van der Waals surface area contributed by atoms with Gasteiger partial charge in [0.1, 0.15) is 5.82 Å². The largest absolute Gasteiger partial charge is 0.350 e. The Hall–Kier alpha value is -1.16. The lowest BCUT2D eigenvalue weighted by atomic mass is 10.1. The molecule has 0 aliphatic heterocycles. The van der Waals surface area contributed by atoms with Gasteiger partial charge in [-0.25, -0.2) is 4.39 Å². The number of benzene rings is 1. The van der Waals surface area contributed by atoms with Gasteiger partial charge in [-0.15, -0.1) is 0 Å². The Kier molecular flexibility index (Phi) is 6.05. The smallest absolute Gasteiger partial charge is 0.244 e. The summed E-state index contributed by atoms with van der Waals surface area (Å²) < 4.78 is 14.2. The molecule has 1 N–H and O–H groups in total. The van der Waals surface area contributed by atoms with E-state index < -0.39 is 0 Å². The molecule has 0 heterocycles. The summed E-state index contributed by atoms with van der Waals surface area (Å²) in [6.45, 7) is 4.04. The van der Waals surface area contributed by atoms with E-state index in [1.807, 2.05) is 13.8 Å². The standard InChI is InChI=1S/C14H17BrFNO/c1-3-12(4-2)17-14(18)8-5-10-9-11(15)6-7-13(10)16/h5-9,12H,3-4H2,1-2H3,(H,17,18)/b8-5+. The zero-order valence-corrected chi connectivity index (χ0v) is 12.1. The predicted molar refractivity (Wildman–Crippen MR) is 75.6 cm³/mol. The highest BCUT2D eigenvalue weighted by atomic mass is 79.9. The molecule has 0 unspecified atom stereocenters. The molecule has 4 heteroatoms. The number of amides is 1. The molecule has 2 nitrogen and oxygen atoms in total. The van der Waals surface area contributed by atoms with E-state index in [1.54, 1.807) is 12.1 Å². The molecule has 1 amide bonds. The second-order valence-electron chi connectivity index (χ2n) is 4.02. The van der Waals surface area contributed by atoms with Crippen LogP contribution in [0.2, 0.25) is 0 Å². The molecule has 0 bridgehead atoms. The molecule has 0 radical (unpaired) electrons. The zero-order valence-electron chi connectivity index (χ0n) is 10.5. The van der Waals surface area contributed by atoms with E-state index in [2.05, 4.69) is 21.2 Å². The van der Waals surface area contributed by atoms with Crippen LogP contribution in [0.15, 0.2) is 28.7 Å². The van der Waals surface area contributed by atoms with Crippen LogP contribution in [0.25, 0.3) is 6.08 Å². The van der Waals surface area contributed by atoms with Gasteiger partial charge in [0.15, 0.2) is 0 Å². The first-order valence-electron chi connectivity index (χ1n) is 6.00. The number of carbonyl (C=O) groups excluding carboxylic acids is 1. The van der Waals surface area contributed by atoms with Crippen LogP contribution in [0.4, 0.5) is 4.39 Å². The third kappa shape index (κ3) is 4.61. The Morgan fingerprint density at radius 1 is 1.44 bits per heavy atom. The van der Waals surface area contributed by atoms with Crippen molar-refractivity contribution in [2.75, 3.05) is 0 Å². The second-order valence-corrected chi connectivity index (χ2v) is 4.94. The van der Waals surface area contributed by atoms with E-state index in [0.717, 1.165) is 17.3 Å². The van der Waals surface area contributed by atoms with E-state index in [-0.39, 0.29) is 17.8 Å². The molecule has 0 saturated carbocycles. The molecule has 1 aromatic rings. The van der Waals surface area contributed by atoms with Crippen LogP contribution in [0.3, 0.4) is 0 Å². The third-order valence-corrected chi connectivity index (χ3v) is 3.20. The summed E-state index contributed by atoms with van der Waals surface area (Å²) in [7, 11) is 0. The Labute approximate surface area is 115 Å². The summed E-state index contributed by atoms with van der Waals surface area (Å²) in [5, 5.41) is 2.86. The number of hydrogen-bond acceptors (Lipinski definition) is 1. The minimum absolute atomic E-state index is 0.175. The number of carbonyl (C=O) groups is 1. The molecule has 0 aliphatic rings. The number of hydrogen-bond donors (Lipinski definition) is 1. The van der Waals surface area contributed by atoms with Gasteiger partial charge in [-0.3, -0.25) is 4.79 Å². The molecular weight excluding hydrogens is 297 g/mol. The van der Waals surface area contributed by atoms with Crippen molar-refractivity contribution in [2.24, 2.45) is 0 Å². The van der Waals surface area contributed by atoms with Gasteiger partial charge in [-0.2, -0.15) is 0 Å². The molecule has 18 heavy (non-hydrogen) atoms. The monoisotopic (exact) mass is 313 g/mol. The average molecular weight is 314 g/mol. The Morgan fingerprint density at radius 2 is 2.11 bits per heavy atom. The fourth-order valence-corrected chi connectivity index (χ4v) is 1.93. The molecule has 1 rings (SSSR count). The minimum Gasteiger partial charge on any atom is -0.350 e. The lowest BCUT2D eigenvalue weighted by Crippen LogP contribution is -2.32. The topological polar surface area (TPSA) is 29.1 Å². The van der Waals surface area contributed by atoms with E-state index in [0.29, 0.717) is 5.56 Å². The van der Waals surface area contributed by atoms with Gasteiger partial charge in [0, 0.05) is 22.2 Å². The fourth-order valence-electron chi connectivity index (χ4n) is 1.55. The first kappa shape index (κ1) is 14.9. The van der Waals surface area contributed by atoms with Crippen LogP contribution < -0.4 is 5.32 Å². The van der Waals surface area contributed by atoms with Gasteiger partial charge >= 0.3 is 0 Å². The summed E-state index contributed by atoms with van der Waals surface area (Å²) >= 11 is 3.26. The average Bonchev–Trinajstić information content (AvgIpc) is 2.37. The Morgan fingerprint density at radius 3 is 2.72 bits per heavy atom. The molecule has 0 atom stereocenters. The molecule has 1 aromatic carbocycles. The van der Waals surface area contributed by atoms with E-state index in [9.17, 15) is 9.18 Å². The lowest BCUT2D eigenvalue weighted by molar-refractivity contribution is -0.117. The van der Waals surface area contributed by atoms with Crippen LogP contribution >= 0.6 is 15.9 Å². The van der Waals surface area contributed by atoms with Gasteiger partial charge < -0.3 is 5.32 Å².